The summed E-state index contributed by atoms with van der Waals surface area (Å²) in [6.07, 6.45) is 3.63. The fourth-order valence-corrected chi connectivity index (χ4v) is 1.95. The Morgan fingerprint density at radius 1 is 1.38 bits per heavy atom. The normalized spacial score (nSPS) is 14.3. The molecule has 5 heteroatoms. The number of rotatable bonds is 2. The van der Waals surface area contributed by atoms with Crippen molar-refractivity contribution in [1.82, 2.24) is 9.97 Å². The van der Waals surface area contributed by atoms with Crippen molar-refractivity contribution in [3.05, 3.63) is 17.0 Å². The van der Waals surface area contributed by atoms with Crippen molar-refractivity contribution in [1.29, 1.82) is 0 Å². The van der Waals surface area contributed by atoms with Gasteiger partial charge in [-0.2, -0.15) is 4.98 Å². The lowest BCUT2D eigenvalue weighted by molar-refractivity contribution is 0.0516. The number of ether oxygens (including phenoxy) is 1. The Bertz CT molecular complexity index is 418. The SMILES string of the molecule is CCOC(=O)c1nc(O)nc2c1CCCC2. The molecule has 0 unspecified atom stereocenters. The van der Waals surface area contributed by atoms with Gasteiger partial charge in [-0.15, -0.1) is 0 Å². The molecule has 86 valence electrons. The molecule has 16 heavy (non-hydrogen) atoms. The number of esters is 1. The van der Waals surface area contributed by atoms with Crippen molar-refractivity contribution in [2.75, 3.05) is 6.61 Å². The molecule has 1 aliphatic carbocycles. The molecule has 0 bridgehead atoms. The molecule has 5 nitrogen and oxygen atoms in total. The Hall–Kier alpha value is -1.65. The van der Waals surface area contributed by atoms with E-state index in [1.807, 2.05) is 0 Å². The van der Waals surface area contributed by atoms with E-state index in [-0.39, 0.29) is 11.7 Å². The van der Waals surface area contributed by atoms with Gasteiger partial charge in [0.1, 0.15) is 0 Å². The third-order valence-electron chi connectivity index (χ3n) is 2.64. The van der Waals surface area contributed by atoms with Crippen molar-refractivity contribution >= 4 is 5.97 Å². The number of carbonyl (C=O) groups excluding carboxylic acids is 1. The second kappa shape index (κ2) is 4.47. The van der Waals surface area contributed by atoms with E-state index in [9.17, 15) is 9.90 Å². The zero-order chi connectivity index (χ0) is 11.5. The second-order valence-electron chi connectivity index (χ2n) is 3.73. The van der Waals surface area contributed by atoms with E-state index >= 15 is 0 Å². The number of aryl methyl sites for hydroxylation is 1. The summed E-state index contributed by atoms with van der Waals surface area (Å²) in [5.74, 6) is -0.474. The monoisotopic (exact) mass is 222 g/mol. The van der Waals surface area contributed by atoms with Crippen LogP contribution in [0.25, 0.3) is 0 Å². The largest absolute Gasteiger partial charge is 0.479 e. The molecule has 1 aromatic rings. The van der Waals surface area contributed by atoms with E-state index in [4.69, 9.17) is 4.74 Å². The molecule has 0 saturated carbocycles. The van der Waals surface area contributed by atoms with Crippen molar-refractivity contribution in [2.45, 2.75) is 32.6 Å². The van der Waals surface area contributed by atoms with Gasteiger partial charge < -0.3 is 9.84 Å². The van der Waals surface area contributed by atoms with Crippen LogP contribution in [0, 0.1) is 0 Å². The maximum absolute atomic E-state index is 11.6. The highest BCUT2D eigenvalue weighted by Crippen LogP contribution is 2.24. The smallest absolute Gasteiger partial charge is 0.357 e. The van der Waals surface area contributed by atoms with E-state index < -0.39 is 5.97 Å². The Balaban J connectivity index is 2.43. The predicted octanol–water partition coefficient (Wildman–Crippen LogP) is 1.24. The van der Waals surface area contributed by atoms with Crippen LogP contribution >= 0.6 is 0 Å². The van der Waals surface area contributed by atoms with Gasteiger partial charge in [0.15, 0.2) is 5.69 Å². The number of aromatic nitrogens is 2. The van der Waals surface area contributed by atoms with Crippen LogP contribution in [0.2, 0.25) is 0 Å². The third-order valence-corrected chi connectivity index (χ3v) is 2.64. The van der Waals surface area contributed by atoms with Gasteiger partial charge in [-0.1, -0.05) is 0 Å². The molecule has 1 N–H and O–H groups in total. The topological polar surface area (TPSA) is 72.3 Å². The van der Waals surface area contributed by atoms with Crippen LogP contribution in [-0.4, -0.2) is 27.7 Å². The van der Waals surface area contributed by atoms with E-state index in [0.29, 0.717) is 6.61 Å². The molecule has 1 aliphatic rings. The average molecular weight is 222 g/mol. The Morgan fingerprint density at radius 3 is 2.88 bits per heavy atom. The second-order valence-corrected chi connectivity index (χ2v) is 3.73. The van der Waals surface area contributed by atoms with Gasteiger partial charge in [0.2, 0.25) is 0 Å². The van der Waals surface area contributed by atoms with E-state index in [1.165, 1.54) is 0 Å². The fourth-order valence-electron chi connectivity index (χ4n) is 1.95. The summed E-state index contributed by atoms with van der Waals surface area (Å²) in [6, 6.07) is -0.344. The van der Waals surface area contributed by atoms with Crippen LogP contribution in [0.1, 0.15) is 41.5 Å². The molecule has 1 heterocycles. The maximum atomic E-state index is 11.6. The molecule has 0 saturated heterocycles. The van der Waals surface area contributed by atoms with Gasteiger partial charge in [-0.05, 0) is 32.6 Å². The summed E-state index contributed by atoms with van der Waals surface area (Å²) in [4.78, 5) is 19.4. The highest BCUT2D eigenvalue weighted by molar-refractivity contribution is 5.89. The lowest BCUT2D eigenvalue weighted by Gasteiger charge is -2.16. The van der Waals surface area contributed by atoms with Gasteiger partial charge in [0, 0.05) is 5.56 Å². The third kappa shape index (κ3) is 1.98. The van der Waals surface area contributed by atoms with Crippen molar-refractivity contribution in [2.24, 2.45) is 0 Å². The number of fused-ring (bicyclic) bond motifs is 1. The molecule has 0 aromatic carbocycles. The summed E-state index contributed by atoms with van der Waals surface area (Å²) in [5.41, 5.74) is 1.84. The molecule has 0 spiro atoms. The first-order chi connectivity index (χ1) is 7.72. The number of hydrogen-bond donors (Lipinski definition) is 1. The Morgan fingerprint density at radius 2 is 2.12 bits per heavy atom. The Labute approximate surface area is 93.5 Å². The van der Waals surface area contributed by atoms with Crippen LogP contribution in [0.4, 0.5) is 0 Å². The Kier molecular flexibility index (Phi) is 3.03. The van der Waals surface area contributed by atoms with Crippen LogP contribution in [0.3, 0.4) is 0 Å². The lowest BCUT2D eigenvalue weighted by Crippen LogP contribution is -2.16. The minimum Gasteiger partial charge on any atom is -0.479 e. The van der Waals surface area contributed by atoms with Crippen LogP contribution in [0.15, 0.2) is 0 Å². The fraction of sp³-hybridized carbons (Fsp3) is 0.545. The minimum atomic E-state index is -0.474. The molecule has 1 aromatic heterocycles. The van der Waals surface area contributed by atoms with E-state index in [0.717, 1.165) is 36.9 Å². The summed E-state index contributed by atoms with van der Waals surface area (Å²) in [6.45, 7) is 2.05. The molecule has 0 atom stereocenters. The standard InChI is InChI=1S/C11H14N2O3/c1-2-16-10(14)9-7-5-3-4-6-8(7)12-11(15)13-9/h2-6H2,1H3,(H,12,13,15). The quantitative estimate of drug-likeness (QED) is 0.762. The van der Waals surface area contributed by atoms with Gasteiger partial charge in [-0.25, -0.2) is 9.78 Å². The zero-order valence-corrected chi connectivity index (χ0v) is 9.19. The van der Waals surface area contributed by atoms with Gasteiger partial charge in [0.25, 0.3) is 0 Å². The van der Waals surface area contributed by atoms with E-state index in [2.05, 4.69) is 9.97 Å². The molecule has 0 fully saturated rings. The van der Waals surface area contributed by atoms with Crippen LogP contribution in [0.5, 0.6) is 6.01 Å². The lowest BCUT2D eigenvalue weighted by atomic mass is 9.95. The van der Waals surface area contributed by atoms with Crippen molar-refractivity contribution in [3.63, 3.8) is 0 Å². The van der Waals surface area contributed by atoms with Gasteiger partial charge in [-0.3, -0.25) is 0 Å². The predicted molar refractivity (Wildman–Crippen MR) is 56.3 cm³/mol. The first-order valence-corrected chi connectivity index (χ1v) is 5.48. The number of aromatic hydroxyl groups is 1. The maximum Gasteiger partial charge on any atom is 0.357 e. The molecular weight excluding hydrogens is 208 g/mol. The highest BCUT2D eigenvalue weighted by Gasteiger charge is 2.22. The van der Waals surface area contributed by atoms with Crippen LogP contribution < -0.4 is 0 Å². The molecule has 0 amide bonds. The first kappa shape index (κ1) is 10.9. The number of nitrogens with zero attached hydrogens (tertiary/aromatic N) is 2. The van der Waals surface area contributed by atoms with E-state index in [1.54, 1.807) is 6.92 Å². The molecule has 0 radical (unpaired) electrons. The molecule has 0 aliphatic heterocycles. The first-order valence-electron chi connectivity index (χ1n) is 5.48. The van der Waals surface area contributed by atoms with Gasteiger partial charge in [0.05, 0.1) is 12.3 Å². The highest BCUT2D eigenvalue weighted by atomic mass is 16.5. The van der Waals surface area contributed by atoms with Gasteiger partial charge >= 0.3 is 12.0 Å². The van der Waals surface area contributed by atoms with Crippen molar-refractivity contribution in [3.8, 4) is 6.01 Å². The number of carbonyl (C=O) groups is 1. The molecule has 2 rings (SSSR count). The minimum absolute atomic E-state index is 0.226. The summed E-state index contributed by atoms with van der Waals surface area (Å²) < 4.78 is 4.91. The average Bonchev–Trinajstić information content (AvgIpc) is 2.28. The van der Waals surface area contributed by atoms with Crippen molar-refractivity contribution < 1.29 is 14.6 Å². The zero-order valence-electron chi connectivity index (χ0n) is 9.19. The number of hydrogen-bond acceptors (Lipinski definition) is 5. The molecular formula is C11H14N2O3. The van der Waals surface area contributed by atoms with Crippen LogP contribution in [-0.2, 0) is 17.6 Å². The summed E-state index contributed by atoms with van der Waals surface area (Å²) >= 11 is 0. The summed E-state index contributed by atoms with van der Waals surface area (Å²) in [7, 11) is 0. The summed E-state index contributed by atoms with van der Waals surface area (Å²) in [5, 5.41) is 9.36.